The summed E-state index contributed by atoms with van der Waals surface area (Å²) in [5.41, 5.74) is 4.31. The minimum Gasteiger partial charge on any atom is -0.507 e. The van der Waals surface area contributed by atoms with Crippen molar-refractivity contribution in [3.8, 4) is 11.5 Å². The summed E-state index contributed by atoms with van der Waals surface area (Å²) in [6.07, 6.45) is 0.867. The predicted octanol–water partition coefficient (Wildman–Crippen LogP) is 3.61. The molecule has 1 N–H and O–H groups in total. The van der Waals surface area contributed by atoms with Crippen molar-refractivity contribution < 1.29 is 9.84 Å². The van der Waals surface area contributed by atoms with E-state index < -0.39 is 0 Å². The van der Waals surface area contributed by atoms with Crippen LogP contribution in [0.4, 0.5) is 0 Å². The molecule has 2 aromatic rings. The number of phenols is 1. The van der Waals surface area contributed by atoms with Crippen molar-refractivity contribution in [3.05, 3.63) is 58.7 Å². The van der Waals surface area contributed by atoms with Crippen molar-refractivity contribution in [1.29, 1.82) is 0 Å². The van der Waals surface area contributed by atoms with Gasteiger partial charge < -0.3 is 9.84 Å². The average Bonchev–Trinajstić information content (AvgIpc) is 2.37. The fraction of sp³-hybridized carbons (Fsp3) is 0.250. The number of aromatic hydroxyl groups is 1. The molecule has 0 spiro atoms. The number of methoxy groups -OCH3 is 1. The minimum atomic E-state index is 0.397. The first-order valence-electron chi connectivity index (χ1n) is 6.02. The van der Waals surface area contributed by atoms with E-state index in [-0.39, 0.29) is 0 Å². The standard InChI is InChI=1S/C16H18O2/c1-11-8-14(9-12(2)16(11)17)10-13-4-6-15(18-3)7-5-13/h4-9,17H,10H2,1-3H3. The van der Waals surface area contributed by atoms with Crippen molar-refractivity contribution in [2.24, 2.45) is 0 Å². The third-order valence-corrected chi connectivity index (χ3v) is 3.12. The lowest BCUT2D eigenvalue weighted by atomic mass is 10.00. The summed E-state index contributed by atoms with van der Waals surface area (Å²) in [5.74, 6) is 1.27. The summed E-state index contributed by atoms with van der Waals surface area (Å²) in [4.78, 5) is 0. The Morgan fingerprint density at radius 1 is 0.944 bits per heavy atom. The van der Waals surface area contributed by atoms with Crippen LogP contribution >= 0.6 is 0 Å². The highest BCUT2D eigenvalue weighted by Crippen LogP contribution is 2.24. The van der Waals surface area contributed by atoms with Gasteiger partial charge in [-0.25, -0.2) is 0 Å². The Balaban J connectivity index is 2.23. The quantitative estimate of drug-likeness (QED) is 0.891. The largest absolute Gasteiger partial charge is 0.507 e. The molecule has 0 bridgehead atoms. The molecule has 2 aromatic carbocycles. The van der Waals surface area contributed by atoms with Gasteiger partial charge in [0, 0.05) is 0 Å². The number of hydrogen-bond donors (Lipinski definition) is 1. The highest BCUT2D eigenvalue weighted by molar-refractivity contribution is 5.43. The first-order valence-corrected chi connectivity index (χ1v) is 6.02. The number of rotatable bonds is 3. The lowest BCUT2D eigenvalue weighted by molar-refractivity contribution is 0.414. The highest BCUT2D eigenvalue weighted by atomic mass is 16.5. The Hall–Kier alpha value is -1.96. The van der Waals surface area contributed by atoms with Crippen LogP contribution in [-0.2, 0) is 6.42 Å². The molecule has 0 aliphatic heterocycles. The summed E-state index contributed by atoms with van der Waals surface area (Å²) < 4.78 is 5.14. The predicted molar refractivity (Wildman–Crippen MR) is 73.4 cm³/mol. The fourth-order valence-electron chi connectivity index (χ4n) is 2.13. The molecular formula is C16H18O2. The summed E-state index contributed by atoms with van der Waals surface area (Å²) in [7, 11) is 1.67. The van der Waals surface area contributed by atoms with E-state index >= 15 is 0 Å². The zero-order valence-corrected chi connectivity index (χ0v) is 11.0. The van der Waals surface area contributed by atoms with E-state index in [2.05, 4.69) is 12.1 Å². The molecular weight excluding hydrogens is 224 g/mol. The molecule has 0 aliphatic carbocycles. The van der Waals surface area contributed by atoms with Gasteiger partial charge >= 0.3 is 0 Å². The van der Waals surface area contributed by atoms with Crippen molar-refractivity contribution in [2.45, 2.75) is 20.3 Å². The van der Waals surface area contributed by atoms with Gasteiger partial charge in [0.1, 0.15) is 11.5 Å². The number of hydrogen-bond acceptors (Lipinski definition) is 2. The van der Waals surface area contributed by atoms with E-state index in [1.807, 2.05) is 38.1 Å². The number of benzene rings is 2. The summed E-state index contributed by atoms with van der Waals surface area (Å²) in [5, 5.41) is 9.75. The highest BCUT2D eigenvalue weighted by Gasteiger charge is 2.04. The van der Waals surface area contributed by atoms with Gasteiger partial charge in [-0.15, -0.1) is 0 Å². The summed E-state index contributed by atoms with van der Waals surface area (Å²) in [6, 6.07) is 12.1. The van der Waals surface area contributed by atoms with Crippen LogP contribution in [-0.4, -0.2) is 12.2 Å². The number of ether oxygens (including phenoxy) is 1. The number of phenolic OH excluding ortho intramolecular Hbond substituents is 1. The molecule has 18 heavy (non-hydrogen) atoms. The van der Waals surface area contributed by atoms with Crippen molar-refractivity contribution >= 4 is 0 Å². The molecule has 0 radical (unpaired) electrons. The topological polar surface area (TPSA) is 29.5 Å². The molecule has 0 unspecified atom stereocenters. The summed E-state index contributed by atoms with van der Waals surface area (Å²) >= 11 is 0. The van der Waals surface area contributed by atoms with Crippen LogP contribution < -0.4 is 4.74 Å². The van der Waals surface area contributed by atoms with E-state index in [4.69, 9.17) is 4.74 Å². The Kier molecular flexibility index (Phi) is 3.56. The van der Waals surface area contributed by atoms with Gasteiger partial charge in [-0.3, -0.25) is 0 Å². The molecule has 2 rings (SSSR count). The first-order chi connectivity index (χ1) is 8.60. The molecule has 0 saturated heterocycles. The van der Waals surface area contributed by atoms with E-state index in [1.165, 1.54) is 11.1 Å². The molecule has 0 saturated carbocycles. The molecule has 0 atom stereocenters. The second-order valence-electron chi connectivity index (χ2n) is 4.60. The van der Waals surface area contributed by atoms with Gasteiger partial charge in [0.2, 0.25) is 0 Å². The second-order valence-corrected chi connectivity index (χ2v) is 4.60. The molecule has 0 aliphatic rings. The Bertz CT molecular complexity index is 519. The monoisotopic (exact) mass is 242 g/mol. The van der Waals surface area contributed by atoms with Crippen LogP contribution in [0, 0.1) is 13.8 Å². The van der Waals surface area contributed by atoms with Crippen LogP contribution in [0.3, 0.4) is 0 Å². The maximum atomic E-state index is 9.75. The van der Waals surface area contributed by atoms with Crippen LogP contribution in [0.25, 0.3) is 0 Å². The van der Waals surface area contributed by atoms with Crippen LogP contribution in [0.2, 0.25) is 0 Å². The van der Waals surface area contributed by atoms with E-state index in [0.29, 0.717) is 5.75 Å². The molecule has 2 heteroatoms. The van der Waals surface area contributed by atoms with Gasteiger partial charge in [0.25, 0.3) is 0 Å². The zero-order valence-electron chi connectivity index (χ0n) is 11.0. The van der Waals surface area contributed by atoms with Crippen LogP contribution in [0.5, 0.6) is 11.5 Å². The normalized spacial score (nSPS) is 10.4. The van der Waals surface area contributed by atoms with Crippen molar-refractivity contribution in [1.82, 2.24) is 0 Å². The molecule has 2 nitrogen and oxygen atoms in total. The average molecular weight is 242 g/mol. The smallest absolute Gasteiger partial charge is 0.121 e. The van der Waals surface area contributed by atoms with E-state index in [9.17, 15) is 5.11 Å². The SMILES string of the molecule is COc1ccc(Cc2cc(C)c(O)c(C)c2)cc1. The zero-order chi connectivity index (χ0) is 13.1. The Morgan fingerprint density at radius 3 is 2.00 bits per heavy atom. The number of aryl methyl sites for hydroxylation is 2. The maximum absolute atomic E-state index is 9.75. The third-order valence-electron chi connectivity index (χ3n) is 3.12. The lowest BCUT2D eigenvalue weighted by Crippen LogP contribution is -1.92. The van der Waals surface area contributed by atoms with E-state index in [0.717, 1.165) is 23.3 Å². The first kappa shape index (κ1) is 12.5. The fourth-order valence-corrected chi connectivity index (χ4v) is 2.13. The third kappa shape index (κ3) is 2.65. The second kappa shape index (κ2) is 5.13. The van der Waals surface area contributed by atoms with Crippen LogP contribution in [0.15, 0.2) is 36.4 Å². The maximum Gasteiger partial charge on any atom is 0.121 e. The molecule has 0 fully saturated rings. The van der Waals surface area contributed by atoms with Crippen molar-refractivity contribution in [2.75, 3.05) is 7.11 Å². The van der Waals surface area contributed by atoms with Gasteiger partial charge in [0.15, 0.2) is 0 Å². The van der Waals surface area contributed by atoms with Gasteiger partial charge in [-0.2, -0.15) is 0 Å². The molecule has 0 amide bonds. The van der Waals surface area contributed by atoms with Crippen LogP contribution in [0.1, 0.15) is 22.3 Å². The summed E-state index contributed by atoms with van der Waals surface area (Å²) in [6.45, 7) is 3.86. The van der Waals surface area contributed by atoms with E-state index in [1.54, 1.807) is 7.11 Å². The molecule has 0 heterocycles. The Labute approximate surface area is 108 Å². The Morgan fingerprint density at radius 2 is 1.50 bits per heavy atom. The minimum absolute atomic E-state index is 0.397. The molecule has 94 valence electrons. The van der Waals surface area contributed by atoms with Gasteiger partial charge in [-0.05, 0) is 54.7 Å². The van der Waals surface area contributed by atoms with Gasteiger partial charge in [0.05, 0.1) is 7.11 Å². The van der Waals surface area contributed by atoms with Gasteiger partial charge in [-0.1, -0.05) is 24.3 Å². The van der Waals surface area contributed by atoms with Crippen molar-refractivity contribution in [3.63, 3.8) is 0 Å². The lowest BCUT2D eigenvalue weighted by Gasteiger charge is -2.08. The molecule has 0 aromatic heterocycles.